The lowest BCUT2D eigenvalue weighted by Crippen LogP contribution is -2.30. The molecule has 1 atom stereocenters. The highest BCUT2D eigenvalue weighted by molar-refractivity contribution is 5.15. The Balaban J connectivity index is 1.93. The average Bonchev–Trinajstić information content (AvgIpc) is 2.88. The lowest BCUT2D eigenvalue weighted by Gasteiger charge is -2.19. The second kappa shape index (κ2) is 7.99. The number of aryl methyl sites for hydroxylation is 2. The molecule has 3 nitrogen and oxygen atoms in total. The van der Waals surface area contributed by atoms with Crippen molar-refractivity contribution in [2.24, 2.45) is 13.0 Å². The highest BCUT2D eigenvalue weighted by Gasteiger charge is 2.12. The highest BCUT2D eigenvalue weighted by Crippen LogP contribution is 2.14. The number of nitrogens with zero attached hydrogens (tertiary/aromatic N) is 2. The summed E-state index contributed by atoms with van der Waals surface area (Å²) in [6.07, 6.45) is 7.24. The molecule has 21 heavy (non-hydrogen) atoms. The van der Waals surface area contributed by atoms with Crippen LogP contribution >= 0.6 is 0 Å². The van der Waals surface area contributed by atoms with Crippen molar-refractivity contribution in [3.8, 4) is 0 Å². The maximum atomic E-state index is 4.43. The van der Waals surface area contributed by atoms with Gasteiger partial charge < -0.3 is 9.88 Å². The molecule has 1 aromatic heterocycles. The molecule has 0 bridgehead atoms. The van der Waals surface area contributed by atoms with Gasteiger partial charge in [0.05, 0.1) is 0 Å². The standard InChI is InChI=1S/C18H27N3/c1-15(2)20-14-17(13-16-7-5-4-6-8-16)9-10-18-19-11-12-21(18)3/h4-8,11-12,15,17,20H,9-10,13-14H2,1-3H3. The first-order valence-corrected chi connectivity index (χ1v) is 7.88. The lowest BCUT2D eigenvalue weighted by molar-refractivity contribution is 0.417. The Morgan fingerprint density at radius 3 is 2.57 bits per heavy atom. The highest BCUT2D eigenvalue weighted by atomic mass is 15.0. The van der Waals surface area contributed by atoms with E-state index >= 15 is 0 Å². The first-order valence-electron chi connectivity index (χ1n) is 7.88. The van der Waals surface area contributed by atoms with Crippen molar-refractivity contribution < 1.29 is 0 Å². The monoisotopic (exact) mass is 285 g/mol. The summed E-state index contributed by atoms with van der Waals surface area (Å²) >= 11 is 0. The van der Waals surface area contributed by atoms with Crippen LogP contribution in [0.5, 0.6) is 0 Å². The van der Waals surface area contributed by atoms with Crippen LogP contribution in [0.3, 0.4) is 0 Å². The Hall–Kier alpha value is -1.61. The molecule has 114 valence electrons. The molecule has 0 fully saturated rings. The maximum absolute atomic E-state index is 4.43. The number of nitrogens with one attached hydrogen (secondary N) is 1. The zero-order chi connectivity index (χ0) is 15.1. The van der Waals surface area contributed by atoms with E-state index in [0.29, 0.717) is 12.0 Å². The maximum Gasteiger partial charge on any atom is 0.108 e. The molecule has 3 heteroatoms. The zero-order valence-corrected chi connectivity index (χ0v) is 13.4. The topological polar surface area (TPSA) is 29.9 Å². The first kappa shape index (κ1) is 15.8. The molecule has 0 aliphatic rings. The van der Waals surface area contributed by atoms with E-state index in [1.807, 2.05) is 12.4 Å². The van der Waals surface area contributed by atoms with E-state index in [2.05, 4.69) is 66.1 Å². The minimum atomic E-state index is 0.538. The summed E-state index contributed by atoms with van der Waals surface area (Å²) in [6, 6.07) is 11.3. The van der Waals surface area contributed by atoms with Crippen LogP contribution in [-0.4, -0.2) is 22.1 Å². The van der Waals surface area contributed by atoms with Crippen molar-refractivity contribution in [2.45, 2.75) is 39.2 Å². The summed E-state index contributed by atoms with van der Waals surface area (Å²) in [5, 5.41) is 3.58. The van der Waals surface area contributed by atoms with Gasteiger partial charge in [-0.1, -0.05) is 44.2 Å². The number of benzene rings is 1. The van der Waals surface area contributed by atoms with Crippen LogP contribution in [0.15, 0.2) is 42.7 Å². The van der Waals surface area contributed by atoms with Crippen molar-refractivity contribution in [1.29, 1.82) is 0 Å². The molecule has 0 aliphatic carbocycles. The molecule has 0 amide bonds. The molecule has 1 heterocycles. The van der Waals surface area contributed by atoms with Gasteiger partial charge in [0.1, 0.15) is 5.82 Å². The van der Waals surface area contributed by atoms with Gasteiger partial charge in [0.2, 0.25) is 0 Å². The van der Waals surface area contributed by atoms with Crippen molar-refractivity contribution in [2.75, 3.05) is 6.54 Å². The Labute approximate surface area is 128 Å². The van der Waals surface area contributed by atoms with Crippen molar-refractivity contribution >= 4 is 0 Å². The minimum Gasteiger partial charge on any atom is -0.338 e. The Kier molecular flexibility index (Phi) is 6.00. The smallest absolute Gasteiger partial charge is 0.108 e. The summed E-state index contributed by atoms with van der Waals surface area (Å²) in [7, 11) is 2.07. The second-order valence-electron chi connectivity index (χ2n) is 6.11. The van der Waals surface area contributed by atoms with E-state index in [1.54, 1.807) is 0 Å². The molecule has 0 saturated carbocycles. The molecule has 0 radical (unpaired) electrons. The molecule has 1 N–H and O–H groups in total. The minimum absolute atomic E-state index is 0.538. The normalized spacial score (nSPS) is 12.8. The predicted octanol–water partition coefficient (Wildman–Crippen LogP) is 3.21. The van der Waals surface area contributed by atoms with Gasteiger partial charge in [-0.15, -0.1) is 0 Å². The first-order chi connectivity index (χ1) is 10.1. The van der Waals surface area contributed by atoms with Gasteiger partial charge in [-0.05, 0) is 30.9 Å². The van der Waals surface area contributed by atoms with Gasteiger partial charge in [-0.3, -0.25) is 0 Å². The van der Waals surface area contributed by atoms with Gasteiger partial charge in [0, 0.05) is 31.9 Å². The third-order valence-electron chi connectivity index (χ3n) is 3.88. The van der Waals surface area contributed by atoms with Gasteiger partial charge in [-0.2, -0.15) is 0 Å². The molecule has 0 spiro atoms. The number of rotatable bonds is 8. The largest absolute Gasteiger partial charge is 0.338 e. The van der Waals surface area contributed by atoms with Crippen LogP contribution in [0, 0.1) is 5.92 Å². The fraction of sp³-hybridized carbons (Fsp3) is 0.500. The van der Waals surface area contributed by atoms with Crippen molar-refractivity contribution in [3.05, 3.63) is 54.1 Å². The molecule has 0 aliphatic heterocycles. The molecule has 2 rings (SSSR count). The fourth-order valence-corrected chi connectivity index (χ4v) is 2.60. The number of imidazole rings is 1. The molecular weight excluding hydrogens is 258 g/mol. The van der Waals surface area contributed by atoms with Gasteiger partial charge >= 0.3 is 0 Å². The van der Waals surface area contributed by atoms with E-state index in [0.717, 1.165) is 19.4 Å². The van der Waals surface area contributed by atoms with Crippen molar-refractivity contribution in [3.63, 3.8) is 0 Å². The molecule has 0 saturated heterocycles. The summed E-state index contributed by atoms with van der Waals surface area (Å²) < 4.78 is 2.12. The van der Waals surface area contributed by atoms with E-state index in [4.69, 9.17) is 0 Å². The van der Waals surface area contributed by atoms with Crippen molar-refractivity contribution in [1.82, 2.24) is 14.9 Å². The number of aromatic nitrogens is 2. The van der Waals surface area contributed by atoms with E-state index in [9.17, 15) is 0 Å². The lowest BCUT2D eigenvalue weighted by atomic mass is 9.94. The van der Waals surface area contributed by atoms with E-state index in [-0.39, 0.29) is 0 Å². The van der Waals surface area contributed by atoms with E-state index in [1.165, 1.54) is 17.8 Å². The summed E-state index contributed by atoms with van der Waals surface area (Å²) in [4.78, 5) is 4.43. The fourth-order valence-electron chi connectivity index (χ4n) is 2.60. The average molecular weight is 285 g/mol. The van der Waals surface area contributed by atoms with Crippen LogP contribution in [0.1, 0.15) is 31.7 Å². The zero-order valence-electron chi connectivity index (χ0n) is 13.4. The molecular formula is C18H27N3. The van der Waals surface area contributed by atoms with E-state index < -0.39 is 0 Å². The van der Waals surface area contributed by atoms with Crippen LogP contribution in [0.25, 0.3) is 0 Å². The van der Waals surface area contributed by atoms with Crippen LogP contribution in [0.4, 0.5) is 0 Å². The molecule has 1 unspecified atom stereocenters. The third-order valence-corrected chi connectivity index (χ3v) is 3.88. The summed E-state index contributed by atoms with van der Waals surface area (Å²) in [5.41, 5.74) is 1.42. The SMILES string of the molecule is CC(C)NCC(CCc1nccn1C)Cc1ccccc1. The van der Waals surface area contributed by atoms with Crippen LogP contribution in [0.2, 0.25) is 0 Å². The van der Waals surface area contributed by atoms with Gasteiger partial charge in [0.25, 0.3) is 0 Å². The summed E-state index contributed by atoms with van der Waals surface area (Å²) in [5.74, 6) is 1.82. The number of hydrogen-bond acceptors (Lipinski definition) is 2. The van der Waals surface area contributed by atoms with Crippen LogP contribution < -0.4 is 5.32 Å². The van der Waals surface area contributed by atoms with Gasteiger partial charge in [-0.25, -0.2) is 4.98 Å². The van der Waals surface area contributed by atoms with Gasteiger partial charge in [0.15, 0.2) is 0 Å². The quantitative estimate of drug-likeness (QED) is 0.807. The second-order valence-corrected chi connectivity index (χ2v) is 6.11. The third kappa shape index (κ3) is 5.35. The van der Waals surface area contributed by atoms with Crippen LogP contribution in [-0.2, 0) is 19.9 Å². The predicted molar refractivity (Wildman–Crippen MR) is 88.3 cm³/mol. The Morgan fingerprint density at radius 2 is 1.95 bits per heavy atom. The number of hydrogen-bond donors (Lipinski definition) is 1. The molecule has 1 aromatic carbocycles. The Morgan fingerprint density at radius 1 is 1.19 bits per heavy atom. The Bertz CT molecular complexity index is 516. The molecule has 2 aromatic rings. The summed E-state index contributed by atoms with van der Waals surface area (Å²) in [6.45, 7) is 5.48.